The van der Waals surface area contributed by atoms with E-state index in [1.165, 1.54) is 6.07 Å². The normalized spacial score (nSPS) is 12.8. The van der Waals surface area contributed by atoms with Gasteiger partial charge in [0.2, 0.25) is 0 Å². The molecule has 0 aliphatic carbocycles. The molecule has 1 unspecified atom stereocenters. The fourth-order valence-electron chi connectivity index (χ4n) is 2.37. The smallest absolute Gasteiger partial charge is 0.420 e. The van der Waals surface area contributed by atoms with Crippen molar-refractivity contribution < 1.29 is 27.4 Å². The number of alkyl halides is 3. The van der Waals surface area contributed by atoms with Crippen molar-refractivity contribution in [3.63, 3.8) is 0 Å². The highest BCUT2D eigenvalue weighted by Gasteiger charge is 2.36. The molecule has 0 N–H and O–H groups in total. The van der Waals surface area contributed by atoms with Crippen LogP contribution < -0.4 is 4.74 Å². The number of carbonyl (C=O) groups is 1. The predicted molar refractivity (Wildman–Crippen MR) is 91.4 cm³/mol. The van der Waals surface area contributed by atoms with E-state index < -0.39 is 23.5 Å². The lowest BCUT2D eigenvalue weighted by molar-refractivity contribution is -0.138. The Morgan fingerprint density at radius 2 is 1.69 bits per heavy atom. The summed E-state index contributed by atoms with van der Waals surface area (Å²) in [6.07, 6.45) is -4.67. The summed E-state index contributed by atoms with van der Waals surface area (Å²) < 4.78 is 50.0. The van der Waals surface area contributed by atoms with Crippen molar-refractivity contribution in [2.45, 2.75) is 19.1 Å². The van der Waals surface area contributed by atoms with Crippen molar-refractivity contribution in [2.24, 2.45) is 0 Å². The van der Waals surface area contributed by atoms with Crippen molar-refractivity contribution in [3.05, 3.63) is 59.2 Å². The van der Waals surface area contributed by atoms with Crippen molar-refractivity contribution in [3.8, 4) is 11.5 Å². The van der Waals surface area contributed by atoms with Gasteiger partial charge < -0.3 is 14.4 Å². The number of esters is 1. The average Bonchev–Trinajstić information content (AvgIpc) is 2.60. The van der Waals surface area contributed by atoms with E-state index in [9.17, 15) is 18.0 Å². The third-order valence-corrected chi connectivity index (χ3v) is 4.08. The van der Waals surface area contributed by atoms with Crippen molar-refractivity contribution in [1.29, 1.82) is 0 Å². The molecule has 0 spiro atoms. The number of rotatable bonds is 5. The molecule has 0 aromatic heterocycles. The summed E-state index contributed by atoms with van der Waals surface area (Å²) in [7, 11) is 4.96. The number of halogens is 3. The molecule has 0 bridgehead atoms. The van der Waals surface area contributed by atoms with Gasteiger partial charge in [0, 0.05) is 6.04 Å². The van der Waals surface area contributed by atoms with Crippen LogP contribution in [0.3, 0.4) is 0 Å². The maximum atomic E-state index is 13.3. The van der Waals surface area contributed by atoms with E-state index in [-0.39, 0.29) is 17.4 Å². The first-order valence-corrected chi connectivity index (χ1v) is 7.88. The van der Waals surface area contributed by atoms with Gasteiger partial charge in [-0.05, 0) is 50.8 Å². The molecule has 2 rings (SSSR count). The van der Waals surface area contributed by atoms with Gasteiger partial charge in [-0.25, -0.2) is 4.79 Å². The first-order chi connectivity index (χ1) is 12.1. The fourth-order valence-corrected chi connectivity index (χ4v) is 2.37. The van der Waals surface area contributed by atoms with Gasteiger partial charge in [0.15, 0.2) is 5.75 Å². The van der Waals surface area contributed by atoms with E-state index in [1.54, 1.807) is 24.3 Å². The Hall–Kier alpha value is -2.54. The molecular formula is C19H20F3NO3. The third-order valence-electron chi connectivity index (χ3n) is 4.08. The minimum atomic E-state index is -4.67. The molecule has 0 saturated heterocycles. The fraction of sp³-hybridized carbons (Fsp3) is 0.316. The number of hydrogen-bond donors (Lipinski definition) is 0. The molecule has 0 aliphatic heterocycles. The van der Waals surface area contributed by atoms with E-state index in [1.807, 2.05) is 25.9 Å². The molecule has 0 saturated carbocycles. The summed E-state index contributed by atoms with van der Waals surface area (Å²) in [4.78, 5) is 13.9. The maximum Gasteiger partial charge on any atom is 0.420 e. The minimum absolute atomic E-state index is 0.136. The molecule has 2 aromatic rings. The number of methoxy groups -OCH3 is 1. The van der Waals surface area contributed by atoms with Gasteiger partial charge in [-0.1, -0.05) is 18.2 Å². The molecule has 0 fully saturated rings. The summed E-state index contributed by atoms with van der Waals surface area (Å²) in [5, 5.41) is 0. The molecule has 0 amide bonds. The lowest BCUT2D eigenvalue weighted by atomic mass is 10.1. The van der Waals surface area contributed by atoms with Crippen LogP contribution in [0.25, 0.3) is 0 Å². The van der Waals surface area contributed by atoms with E-state index in [2.05, 4.69) is 4.74 Å². The zero-order valence-corrected chi connectivity index (χ0v) is 14.9. The number of para-hydroxylation sites is 1. The zero-order valence-electron chi connectivity index (χ0n) is 14.9. The first-order valence-electron chi connectivity index (χ1n) is 7.88. The quantitative estimate of drug-likeness (QED) is 0.704. The Balaban J connectivity index is 2.43. The topological polar surface area (TPSA) is 38.8 Å². The Bertz CT molecular complexity index is 771. The highest BCUT2D eigenvalue weighted by molar-refractivity contribution is 5.93. The lowest BCUT2D eigenvalue weighted by Gasteiger charge is -2.20. The molecule has 26 heavy (non-hydrogen) atoms. The van der Waals surface area contributed by atoms with Gasteiger partial charge in [-0.2, -0.15) is 13.2 Å². The number of carbonyl (C=O) groups excluding carboxylic acids is 1. The number of benzene rings is 2. The molecular weight excluding hydrogens is 347 g/mol. The van der Waals surface area contributed by atoms with Gasteiger partial charge in [0.25, 0.3) is 0 Å². The molecule has 7 heteroatoms. The number of nitrogens with zero attached hydrogens (tertiary/aromatic N) is 1. The predicted octanol–water partition coefficient (Wildman–Crippen LogP) is 4.91. The minimum Gasteiger partial charge on any atom is -0.465 e. The summed E-state index contributed by atoms with van der Waals surface area (Å²) in [5.41, 5.74) is -0.334. The number of hydrogen-bond acceptors (Lipinski definition) is 4. The molecule has 1 atom stereocenters. The van der Waals surface area contributed by atoms with Crippen LogP contribution in [-0.2, 0) is 10.9 Å². The van der Waals surface area contributed by atoms with Gasteiger partial charge in [0.1, 0.15) is 11.3 Å². The zero-order chi connectivity index (χ0) is 19.5. The number of ether oxygens (including phenoxy) is 2. The summed E-state index contributed by atoms with van der Waals surface area (Å²) in [6, 6.07) is 10.1. The van der Waals surface area contributed by atoms with Crippen LogP contribution in [0, 0.1) is 0 Å². The Morgan fingerprint density at radius 1 is 1.08 bits per heavy atom. The first kappa shape index (κ1) is 19.8. The highest BCUT2D eigenvalue weighted by Crippen LogP contribution is 2.40. The molecule has 0 heterocycles. The Labute approximate surface area is 150 Å². The second kappa shape index (κ2) is 7.78. The summed E-state index contributed by atoms with van der Waals surface area (Å²) in [6.45, 7) is 2.00. The van der Waals surface area contributed by atoms with Crippen LogP contribution in [0.5, 0.6) is 11.5 Å². The van der Waals surface area contributed by atoms with Gasteiger partial charge in [0.05, 0.1) is 12.7 Å². The van der Waals surface area contributed by atoms with Crippen molar-refractivity contribution in [2.75, 3.05) is 21.2 Å². The molecule has 4 nitrogen and oxygen atoms in total. The van der Waals surface area contributed by atoms with Crippen LogP contribution in [0.15, 0.2) is 42.5 Å². The SMILES string of the molecule is COC(=O)c1cccc(C(F)(F)F)c1Oc1ccc(C(C)N(C)C)cc1. The Morgan fingerprint density at radius 3 is 2.19 bits per heavy atom. The van der Waals surface area contributed by atoms with E-state index >= 15 is 0 Å². The van der Waals surface area contributed by atoms with Gasteiger partial charge >= 0.3 is 12.1 Å². The second-order valence-corrected chi connectivity index (χ2v) is 5.98. The van der Waals surface area contributed by atoms with E-state index in [0.29, 0.717) is 0 Å². The van der Waals surface area contributed by atoms with Crippen LogP contribution in [0.2, 0.25) is 0 Å². The van der Waals surface area contributed by atoms with Crippen molar-refractivity contribution in [1.82, 2.24) is 4.90 Å². The largest absolute Gasteiger partial charge is 0.465 e. The van der Waals surface area contributed by atoms with Gasteiger partial charge in [-0.15, -0.1) is 0 Å². The summed E-state index contributed by atoms with van der Waals surface area (Å²) >= 11 is 0. The standard InChI is InChI=1S/C19H20F3NO3/c1-12(23(2)3)13-8-10-14(11-9-13)26-17-15(18(24)25-4)6-5-7-16(17)19(20,21)22/h5-12H,1-4H3. The van der Waals surface area contributed by atoms with Crippen LogP contribution in [0.1, 0.15) is 34.5 Å². The lowest BCUT2D eigenvalue weighted by Crippen LogP contribution is -2.16. The molecule has 2 aromatic carbocycles. The molecule has 0 aliphatic rings. The molecule has 0 radical (unpaired) electrons. The molecule has 140 valence electrons. The van der Waals surface area contributed by atoms with Crippen LogP contribution >= 0.6 is 0 Å². The third kappa shape index (κ3) is 4.35. The Kier molecular flexibility index (Phi) is 5.92. The summed E-state index contributed by atoms with van der Waals surface area (Å²) in [5.74, 6) is -1.27. The monoisotopic (exact) mass is 367 g/mol. The van der Waals surface area contributed by atoms with E-state index in [0.717, 1.165) is 24.8 Å². The second-order valence-electron chi connectivity index (χ2n) is 5.98. The van der Waals surface area contributed by atoms with Gasteiger partial charge in [-0.3, -0.25) is 0 Å². The van der Waals surface area contributed by atoms with Crippen LogP contribution in [0.4, 0.5) is 13.2 Å². The average molecular weight is 367 g/mol. The highest BCUT2D eigenvalue weighted by atomic mass is 19.4. The van der Waals surface area contributed by atoms with Crippen LogP contribution in [-0.4, -0.2) is 32.1 Å². The van der Waals surface area contributed by atoms with E-state index in [4.69, 9.17) is 4.74 Å². The van der Waals surface area contributed by atoms with Crippen molar-refractivity contribution >= 4 is 5.97 Å². The maximum absolute atomic E-state index is 13.3.